The Morgan fingerprint density at radius 2 is 2.54 bits per heavy atom. The van der Waals surface area contributed by atoms with Crippen LogP contribution in [-0.2, 0) is 11.2 Å². The summed E-state index contributed by atoms with van der Waals surface area (Å²) in [6, 6.07) is 0. The van der Waals surface area contributed by atoms with E-state index in [2.05, 4.69) is 16.9 Å². The van der Waals surface area contributed by atoms with Gasteiger partial charge in [-0.15, -0.1) is 0 Å². The average Bonchev–Trinajstić information content (AvgIpc) is 2.67. The Morgan fingerprint density at radius 3 is 3.15 bits per heavy atom. The first kappa shape index (κ1) is 8.75. The summed E-state index contributed by atoms with van der Waals surface area (Å²) >= 11 is 0. The van der Waals surface area contributed by atoms with Crippen LogP contribution in [0.15, 0.2) is 6.20 Å². The maximum Gasteiger partial charge on any atom is 0.135 e. The van der Waals surface area contributed by atoms with Gasteiger partial charge in [0.05, 0.1) is 0 Å². The van der Waals surface area contributed by atoms with Crippen LogP contribution in [-0.4, -0.2) is 16.6 Å². The first-order valence-corrected chi connectivity index (χ1v) is 5.05. The van der Waals surface area contributed by atoms with Gasteiger partial charge >= 0.3 is 0 Å². The molecular formula is C10H16N2O. The van der Waals surface area contributed by atoms with Gasteiger partial charge in [-0.25, -0.2) is 4.98 Å². The Morgan fingerprint density at radius 1 is 1.62 bits per heavy atom. The fourth-order valence-electron chi connectivity index (χ4n) is 1.68. The molecule has 3 heteroatoms. The summed E-state index contributed by atoms with van der Waals surface area (Å²) in [6.45, 7) is 3.01. The molecule has 1 aromatic heterocycles. The van der Waals surface area contributed by atoms with Crippen molar-refractivity contribution in [3.63, 3.8) is 0 Å². The molecule has 1 N–H and O–H groups in total. The third-order valence-corrected chi connectivity index (χ3v) is 2.51. The highest BCUT2D eigenvalue weighted by Gasteiger charge is 2.18. The van der Waals surface area contributed by atoms with Crippen molar-refractivity contribution in [1.82, 2.24) is 9.97 Å². The lowest BCUT2D eigenvalue weighted by Crippen LogP contribution is -2.12. The lowest BCUT2D eigenvalue weighted by atomic mass is 10.1. The first-order valence-electron chi connectivity index (χ1n) is 5.05. The number of aromatic amines is 1. The predicted molar refractivity (Wildman–Crippen MR) is 50.5 cm³/mol. The summed E-state index contributed by atoms with van der Waals surface area (Å²) in [6.07, 6.45) is 6.70. The number of ether oxygens (including phenoxy) is 1. The molecule has 0 saturated carbocycles. The Labute approximate surface area is 78.5 Å². The summed E-state index contributed by atoms with van der Waals surface area (Å²) < 4.78 is 5.63. The van der Waals surface area contributed by atoms with E-state index in [1.54, 1.807) is 0 Å². The van der Waals surface area contributed by atoms with E-state index in [0.29, 0.717) is 0 Å². The Bertz CT molecular complexity index is 264. The fourth-order valence-corrected chi connectivity index (χ4v) is 1.68. The standard InChI is InChI=1S/C10H16N2O/c1-2-8-7-11-10(12-8)9-5-3-4-6-13-9/h7,9H,2-6H2,1H3,(H,11,12). The van der Waals surface area contributed by atoms with Gasteiger partial charge in [-0.1, -0.05) is 6.92 Å². The molecule has 1 saturated heterocycles. The third-order valence-electron chi connectivity index (χ3n) is 2.51. The molecule has 0 bridgehead atoms. The summed E-state index contributed by atoms with van der Waals surface area (Å²) in [5, 5.41) is 0. The van der Waals surface area contributed by atoms with Gasteiger partial charge in [0.2, 0.25) is 0 Å². The summed E-state index contributed by atoms with van der Waals surface area (Å²) in [7, 11) is 0. The number of aromatic nitrogens is 2. The highest BCUT2D eigenvalue weighted by molar-refractivity contribution is 5.03. The monoisotopic (exact) mass is 180 g/mol. The molecular weight excluding hydrogens is 164 g/mol. The van der Waals surface area contributed by atoms with Gasteiger partial charge in [0.25, 0.3) is 0 Å². The van der Waals surface area contributed by atoms with Crippen molar-refractivity contribution in [2.75, 3.05) is 6.61 Å². The third kappa shape index (κ3) is 1.91. The summed E-state index contributed by atoms with van der Waals surface area (Å²) in [5.41, 5.74) is 1.20. The topological polar surface area (TPSA) is 37.9 Å². The summed E-state index contributed by atoms with van der Waals surface area (Å²) in [5.74, 6) is 1.01. The van der Waals surface area contributed by atoms with Crippen LogP contribution >= 0.6 is 0 Å². The Kier molecular flexibility index (Phi) is 2.64. The molecule has 0 aliphatic carbocycles. The molecule has 1 aliphatic rings. The number of hydrogen-bond acceptors (Lipinski definition) is 2. The molecule has 72 valence electrons. The van der Waals surface area contributed by atoms with Crippen LogP contribution in [0.1, 0.15) is 43.8 Å². The van der Waals surface area contributed by atoms with Gasteiger partial charge < -0.3 is 9.72 Å². The van der Waals surface area contributed by atoms with Crippen molar-refractivity contribution in [1.29, 1.82) is 0 Å². The van der Waals surface area contributed by atoms with E-state index in [9.17, 15) is 0 Å². The average molecular weight is 180 g/mol. The van der Waals surface area contributed by atoms with E-state index < -0.39 is 0 Å². The van der Waals surface area contributed by atoms with Crippen LogP contribution in [0.3, 0.4) is 0 Å². The molecule has 1 atom stereocenters. The molecule has 0 amide bonds. The molecule has 3 nitrogen and oxygen atoms in total. The van der Waals surface area contributed by atoms with E-state index >= 15 is 0 Å². The zero-order valence-corrected chi connectivity index (χ0v) is 8.05. The fraction of sp³-hybridized carbons (Fsp3) is 0.700. The lowest BCUT2D eigenvalue weighted by Gasteiger charge is -2.20. The van der Waals surface area contributed by atoms with E-state index in [4.69, 9.17) is 4.74 Å². The molecule has 1 aliphatic heterocycles. The highest BCUT2D eigenvalue weighted by Crippen LogP contribution is 2.25. The predicted octanol–water partition coefficient (Wildman–Crippen LogP) is 2.21. The quantitative estimate of drug-likeness (QED) is 0.757. The lowest BCUT2D eigenvalue weighted by molar-refractivity contribution is 0.00990. The second-order valence-corrected chi connectivity index (χ2v) is 3.50. The van der Waals surface area contributed by atoms with Crippen LogP contribution in [0, 0.1) is 0 Å². The Hall–Kier alpha value is -0.830. The zero-order chi connectivity index (χ0) is 9.10. The molecule has 2 heterocycles. The number of H-pyrrole nitrogens is 1. The van der Waals surface area contributed by atoms with Gasteiger partial charge in [-0.05, 0) is 25.7 Å². The minimum Gasteiger partial charge on any atom is -0.370 e. The number of nitrogens with one attached hydrogen (secondary N) is 1. The molecule has 0 spiro atoms. The zero-order valence-electron chi connectivity index (χ0n) is 8.05. The number of aryl methyl sites for hydroxylation is 1. The second-order valence-electron chi connectivity index (χ2n) is 3.50. The molecule has 1 fully saturated rings. The van der Waals surface area contributed by atoms with Crippen LogP contribution in [0.25, 0.3) is 0 Å². The number of nitrogens with zero attached hydrogens (tertiary/aromatic N) is 1. The SMILES string of the molecule is CCc1cnc(C2CCCCO2)[nH]1. The largest absolute Gasteiger partial charge is 0.370 e. The molecule has 2 rings (SSSR count). The van der Waals surface area contributed by atoms with Gasteiger partial charge in [-0.3, -0.25) is 0 Å². The molecule has 13 heavy (non-hydrogen) atoms. The van der Waals surface area contributed by atoms with Crippen LogP contribution in [0.2, 0.25) is 0 Å². The van der Waals surface area contributed by atoms with Crippen LogP contribution in [0.4, 0.5) is 0 Å². The maximum absolute atomic E-state index is 5.63. The number of hydrogen-bond donors (Lipinski definition) is 1. The van der Waals surface area contributed by atoms with Crippen molar-refractivity contribution in [3.8, 4) is 0 Å². The maximum atomic E-state index is 5.63. The second kappa shape index (κ2) is 3.92. The normalized spacial score (nSPS) is 23.3. The van der Waals surface area contributed by atoms with E-state index in [1.165, 1.54) is 18.5 Å². The highest BCUT2D eigenvalue weighted by atomic mass is 16.5. The minimum absolute atomic E-state index is 0.217. The molecule has 0 radical (unpaired) electrons. The Balaban J connectivity index is 2.05. The van der Waals surface area contributed by atoms with E-state index in [-0.39, 0.29) is 6.10 Å². The van der Waals surface area contributed by atoms with Crippen molar-refractivity contribution in [2.24, 2.45) is 0 Å². The van der Waals surface area contributed by atoms with Gasteiger partial charge in [0, 0.05) is 18.5 Å². The van der Waals surface area contributed by atoms with Crippen molar-refractivity contribution in [3.05, 3.63) is 17.7 Å². The number of imidazole rings is 1. The first-order chi connectivity index (χ1) is 6.40. The van der Waals surface area contributed by atoms with E-state index in [1.807, 2.05) is 6.20 Å². The molecule has 1 aromatic rings. The van der Waals surface area contributed by atoms with Crippen LogP contribution < -0.4 is 0 Å². The van der Waals surface area contributed by atoms with E-state index in [0.717, 1.165) is 25.3 Å². The van der Waals surface area contributed by atoms with Gasteiger partial charge in [0.1, 0.15) is 11.9 Å². The van der Waals surface area contributed by atoms with Crippen molar-refractivity contribution in [2.45, 2.75) is 38.7 Å². The minimum atomic E-state index is 0.217. The van der Waals surface area contributed by atoms with Crippen molar-refractivity contribution >= 4 is 0 Å². The summed E-state index contributed by atoms with van der Waals surface area (Å²) in [4.78, 5) is 7.63. The van der Waals surface area contributed by atoms with Crippen molar-refractivity contribution < 1.29 is 4.74 Å². The van der Waals surface area contributed by atoms with Crippen LogP contribution in [0.5, 0.6) is 0 Å². The molecule has 1 unspecified atom stereocenters. The molecule has 0 aromatic carbocycles. The van der Waals surface area contributed by atoms with Gasteiger partial charge in [0.15, 0.2) is 0 Å². The smallest absolute Gasteiger partial charge is 0.135 e. The van der Waals surface area contributed by atoms with Gasteiger partial charge in [-0.2, -0.15) is 0 Å². The number of rotatable bonds is 2.